The van der Waals surface area contributed by atoms with Crippen molar-refractivity contribution in [2.24, 2.45) is 0 Å². The molecule has 1 fully saturated rings. The lowest BCUT2D eigenvalue weighted by Gasteiger charge is -2.10. The van der Waals surface area contributed by atoms with E-state index in [0.29, 0.717) is 0 Å². The Balaban J connectivity index is 1.72. The third kappa shape index (κ3) is 2.27. The molecule has 3 atom stereocenters. The second-order valence-corrected chi connectivity index (χ2v) is 4.89. The van der Waals surface area contributed by atoms with Gasteiger partial charge >= 0.3 is 0 Å². The number of rotatable bonds is 3. The van der Waals surface area contributed by atoms with Crippen LogP contribution in [0.1, 0.15) is 30.3 Å². The molecule has 0 aliphatic carbocycles. The van der Waals surface area contributed by atoms with E-state index in [4.69, 9.17) is 16.4 Å². The zero-order chi connectivity index (χ0) is 12.5. The quantitative estimate of drug-likeness (QED) is 0.762. The Morgan fingerprint density at radius 2 is 1.72 bits per heavy atom. The molecule has 0 aromatic heterocycles. The summed E-state index contributed by atoms with van der Waals surface area (Å²) in [6.45, 7) is 2.14. The summed E-state index contributed by atoms with van der Waals surface area (Å²) in [5.41, 5.74) is 2.40. The highest BCUT2D eigenvalue weighted by Crippen LogP contribution is 2.44. The van der Waals surface area contributed by atoms with Gasteiger partial charge in [0.15, 0.2) is 6.23 Å². The van der Waals surface area contributed by atoms with Gasteiger partial charge in [-0.25, -0.2) is 0 Å². The number of hydrogen-bond donors (Lipinski definition) is 0. The monoisotopic (exact) mass is 259 g/mol. The molecular formula is C15H14ClNO. The van der Waals surface area contributed by atoms with Gasteiger partial charge in [0.25, 0.3) is 0 Å². The number of halogens is 1. The zero-order valence-corrected chi connectivity index (χ0v) is 10.8. The Kier molecular flexibility index (Phi) is 3.08. The van der Waals surface area contributed by atoms with Crippen LogP contribution >= 0.6 is 11.6 Å². The Bertz CT molecular complexity index is 526. The van der Waals surface area contributed by atoms with Gasteiger partial charge in [-0.2, -0.15) is 0 Å². The van der Waals surface area contributed by atoms with Gasteiger partial charge in [0.05, 0.1) is 6.04 Å². The number of benzene rings is 2. The van der Waals surface area contributed by atoms with Crippen molar-refractivity contribution >= 4 is 11.6 Å². The van der Waals surface area contributed by atoms with Gasteiger partial charge in [0.2, 0.25) is 0 Å². The van der Waals surface area contributed by atoms with Crippen LogP contribution in [-0.4, -0.2) is 5.06 Å². The Hall–Kier alpha value is -1.35. The molecule has 1 saturated heterocycles. The van der Waals surface area contributed by atoms with E-state index in [1.807, 2.05) is 47.5 Å². The summed E-state index contributed by atoms with van der Waals surface area (Å²) in [7, 11) is 0. The van der Waals surface area contributed by atoms with Crippen LogP contribution in [0.25, 0.3) is 0 Å². The first-order valence-corrected chi connectivity index (χ1v) is 6.39. The SMILES string of the molecule is C[C@@H](c1ccccc1)N1O[C@@H]1c1ccc(Cl)cc1. The number of hydroxylamine groups is 2. The van der Waals surface area contributed by atoms with Crippen LogP contribution < -0.4 is 0 Å². The van der Waals surface area contributed by atoms with Gasteiger partial charge in [-0.1, -0.05) is 54.1 Å². The summed E-state index contributed by atoms with van der Waals surface area (Å²) in [6.07, 6.45) is 0.0532. The average molecular weight is 260 g/mol. The summed E-state index contributed by atoms with van der Waals surface area (Å²) >= 11 is 5.88. The minimum absolute atomic E-state index is 0.0532. The minimum Gasteiger partial charge on any atom is -0.269 e. The summed E-state index contributed by atoms with van der Waals surface area (Å²) in [5, 5.41) is 2.75. The molecule has 92 valence electrons. The first-order valence-electron chi connectivity index (χ1n) is 6.01. The van der Waals surface area contributed by atoms with Crippen molar-refractivity contribution in [1.82, 2.24) is 5.06 Å². The molecule has 0 spiro atoms. The highest BCUT2D eigenvalue weighted by atomic mass is 35.5. The fourth-order valence-electron chi connectivity index (χ4n) is 2.10. The molecule has 0 N–H and O–H groups in total. The fraction of sp³-hybridized carbons (Fsp3) is 0.200. The van der Waals surface area contributed by atoms with Crippen LogP contribution in [0, 0.1) is 0 Å². The summed E-state index contributed by atoms with van der Waals surface area (Å²) in [6, 6.07) is 18.4. The Morgan fingerprint density at radius 3 is 2.39 bits per heavy atom. The second-order valence-electron chi connectivity index (χ2n) is 4.46. The zero-order valence-electron chi connectivity index (χ0n) is 10.1. The third-order valence-corrected chi connectivity index (χ3v) is 3.48. The van der Waals surface area contributed by atoms with Crippen molar-refractivity contribution in [3.05, 3.63) is 70.7 Å². The third-order valence-electron chi connectivity index (χ3n) is 3.23. The van der Waals surface area contributed by atoms with Crippen LogP contribution in [-0.2, 0) is 4.84 Å². The molecule has 18 heavy (non-hydrogen) atoms. The molecule has 1 aliphatic heterocycles. The second kappa shape index (κ2) is 4.73. The average Bonchev–Trinajstić information content (AvgIpc) is 3.20. The highest BCUT2D eigenvalue weighted by molar-refractivity contribution is 6.30. The van der Waals surface area contributed by atoms with Crippen LogP contribution in [0.2, 0.25) is 5.02 Å². The Labute approximate surface area is 112 Å². The predicted octanol–water partition coefficient (Wildman–Crippen LogP) is 4.35. The molecule has 0 amide bonds. The van der Waals surface area contributed by atoms with Crippen molar-refractivity contribution in [3.8, 4) is 0 Å². The van der Waals surface area contributed by atoms with Gasteiger partial charge in [0.1, 0.15) is 0 Å². The van der Waals surface area contributed by atoms with Gasteiger partial charge in [-0.15, -0.1) is 5.06 Å². The van der Waals surface area contributed by atoms with Crippen molar-refractivity contribution in [2.75, 3.05) is 0 Å². The van der Waals surface area contributed by atoms with E-state index >= 15 is 0 Å². The standard InChI is InChI=1S/C15H14ClNO/c1-11(12-5-3-2-4-6-12)17-15(18-17)13-7-9-14(16)10-8-13/h2-11,15H,1H3/t11-,15+,17?/m0/s1. The van der Waals surface area contributed by atoms with Crippen LogP contribution in [0.15, 0.2) is 54.6 Å². The smallest absolute Gasteiger partial charge is 0.180 e. The number of hydrogen-bond acceptors (Lipinski definition) is 2. The molecular weight excluding hydrogens is 246 g/mol. The van der Waals surface area contributed by atoms with Crippen LogP contribution in [0.3, 0.4) is 0 Å². The molecule has 2 nitrogen and oxygen atoms in total. The Morgan fingerprint density at radius 1 is 1.06 bits per heavy atom. The topological polar surface area (TPSA) is 15.5 Å². The van der Waals surface area contributed by atoms with Gasteiger partial charge in [-0.05, 0) is 30.2 Å². The van der Waals surface area contributed by atoms with Crippen molar-refractivity contribution in [1.29, 1.82) is 0 Å². The summed E-state index contributed by atoms with van der Waals surface area (Å²) < 4.78 is 0. The predicted molar refractivity (Wildman–Crippen MR) is 72.0 cm³/mol. The van der Waals surface area contributed by atoms with E-state index in [2.05, 4.69) is 19.1 Å². The van der Waals surface area contributed by atoms with E-state index < -0.39 is 0 Å². The molecule has 0 radical (unpaired) electrons. The van der Waals surface area contributed by atoms with Gasteiger partial charge < -0.3 is 0 Å². The molecule has 3 heteroatoms. The lowest BCUT2D eigenvalue weighted by molar-refractivity contribution is 0.155. The molecule has 2 aromatic rings. The molecule has 1 aliphatic rings. The normalized spacial score (nSPS) is 23.7. The van der Waals surface area contributed by atoms with E-state index in [9.17, 15) is 0 Å². The van der Waals surface area contributed by atoms with Crippen molar-refractivity contribution in [3.63, 3.8) is 0 Å². The summed E-state index contributed by atoms with van der Waals surface area (Å²) in [4.78, 5) is 5.65. The maximum atomic E-state index is 5.88. The molecule has 3 rings (SSSR count). The lowest BCUT2D eigenvalue weighted by atomic mass is 10.1. The van der Waals surface area contributed by atoms with Gasteiger partial charge in [0, 0.05) is 5.02 Å². The van der Waals surface area contributed by atoms with E-state index in [0.717, 1.165) is 10.6 Å². The highest BCUT2D eigenvalue weighted by Gasteiger charge is 2.42. The molecule has 0 bridgehead atoms. The van der Waals surface area contributed by atoms with Crippen LogP contribution in [0.5, 0.6) is 0 Å². The first-order chi connectivity index (χ1) is 8.75. The van der Waals surface area contributed by atoms with Crippen LogP contribution in [0.4, 0.5) is 0 Å². The molecule has 1 unspecified atom stereocenters. The molecule has 1 heterocycles. The lowest BCUT2D eigenvalue weighted by Crippen LogP contribution is -2.05. The van der Waals surface area contributed by atoms with Crippen molar-refractivity contribution < 1.29 is 4.84 Å². The van der Waals surface area contributed by atoms with Gasteiger partial charge in [-0.3, -0.25) is 4.84 Å². The maximum absolute atomic E-state index is 5.88. The van der Waals surface area contributed by atoms with E-state index in [1.54, 1.807) is 0 Å². The van der Waals surface area contributed by atoms with Crippen molar-refractivity contribution in [2.45, 2.75) is 19.2 Å². The first kappa shape index (κ1) is 11.7. The largest absolute Gasteiger partial charge is 0.269 e. The molecule has 2 aromatic carbocycles. The minimum atomic E-state index is 0.0532. The number of nitrogens with zero attached hydrogens (tertiary/aromatic N) is 1. The maximum Gasteiger partial charge on any atom is 0.180 e. The van der Waals surface area contributed by atoms with E-state index in [1.165, 1.54) is 5.56 Å². The molecule has 0 saturated carbocycles. The fourth-order valence-corrected chi connectivity index (χ4v) is 2.22. The summed E-state index contributed by atoms with van der Waals surface area (Å²) in [5.74, 6) is 0. The van der Waals surface area contributed by atoms with E-state index in [-0.39, 0.29) is 12.3 Å².